The Balaban J connectivity index is 1.09. The fraction of sp³-hybridized carbons (Fsp3) is 0. The van der Waals surface area contributed by atoms with E-state index in [1.165, 1.54) is 4.70 Å². The van der Waals surface area contributed by atoms with E-state index in [0.29, 0.717) is 40.2 Å². The van der Waals surface area contributed by atoms with Crippen LogP contribution in [0.25, 0.3) is 115 Å². The molecule has 7 aromatic carbocycles. The van der Waals surface area contributed by atoms with Crippen molar-refractivity contribution in [1.82, 2.24) is 24.9 Å². The second-order valence-electron chi connectivity index (χ2n) is 13.9. The molecule has 4 aromatic heterocycles. The summed E-state index contributed by atoms with van der Waals surface area (Å²) >= 11 is 1.72. The minimum Gasteiger partial charge on any atom is -0.455 e. The summed E-state index contributed by atoms with van der Waals surface area (Å²) in [6, 6.07) is 56.5. The Bertz CT molecular complexity index is 3410. The van der Waals surface area contributed by atoms with Gasteiger partial charge in [0.15, 0.2) is 29.0 Å². The molecule has 0 aliphatic rings. The highest BCUT2D eigenvalue weighted by molar-refractivity contribution is 7.26. The zero-order chi connectivity index (χ0) is 38.6. The summed E-state index contributed by atoms with van der Waals surface area (Å²) in [6.45, 7) is 7.44. The van der Waals surface area contributed by atoms with Gasteiger partial charge in [-0.2, -0.15) is 0 Å². The summed E-state index contributed by atoms with van der Waals surface area (Å²) in [5, 5.41) is 2.92. The van der Waals surface area contributed by atoms with Crippen LogP contribution in [-0.4, -0.2) is 24.9 Å². The van der Waals surface area contributed by atoms with E-state index >= 15 is 0 Å². The highest BCUT2D eigenvalue weighted by Gasteiger charge is 2.22. The van der Waals surface area contributed by atoms with Gasteiger partial charge >= 0.3 is 0 Å². The van der Waals surface area contributed by atoms with E-state index in [1.54, 1.807) is 11.3 Å². The standard InChI is InChI=1S/C50H28N6OS/c1-51-35-18-10-17-34(29-35)30-25-27-33(28-26-30)48-54-47(32-15-6-3-7-16-32)55-49(56-48)38-21-12-23-40-42(38)37-20-11-22-39(45(37)57-40)50-52-43(31-13-4-2-5-14-31)46-44(53-50)36-19-8-9-24-41(36)58-46/h2-29H. The molecule has 0 radical (unpaired) electrons. The van der Waals surface area contributed by atoms with Gasteiger partial charge in [0.05, 0.1) is 28.0 Å². The van der Waals surface area contributed by atoms with Gasteiger partial charge in [0.2, 0.25) is 0 Å². The van der Waals surface area contributed by atoms with Crippen molar-refractivity contribution in [3.8, 4) is 67.9 Å². The largest absolute Gasteiger partial charge is 0.455 e. The Morgan fingerprint density at radius 3 is 1.86 bits per heavy atom. The number of thiophene rings is 1. The van der Waals surface area contributed by atoms with Crippen LogP contribution in [0.5, 0.6) is 0 Å². The van der Waals surface area contributed by atoms with Crippen LogP contribution in [0.1, 0.15) is 0 Å². The van der Waals surface area contributed by atoms with Crippen molar-refractivity contribution in [2.75, 3.05) is 0 Å². The van der Waals surface area contributed by atoms with Crippen molar-refractivity contribution in [2.45, 2.75) is 0 Å². The Labute approximate surface area is 336 Å². The molecule has 11 rings (SSSR count). The lowest BCUT2D eigenvalue weighted by Gasteiger charge is -2.10. The second kappa shape index (κ2) is 13.7. The normalized spacial score (nSPS) is 11.4. The molecule has 0 aliphatic carbocycles. The molecular weight excluding hydrogens is 733 g/mol. The van der Waals surface area contributed by atoms with E-state index < -0.39 is 0 Å². The van der Waals surface area contributed by atoms with Gasteiger partial charge in [-0.25, -0.2) is 29.8 Å². The summed E-state index contributed by atoms with van der Waals surface area (Å²) in [7, 11) is 0. The topological polar surface area (TPSA) is 82.0 Å². The maximum absolute atomic E-state index is 7.44. The fourth-order valence-corrected chi connectivity index (χ4v) is 8.78. The van der Waals surface area contributed by atoms with E-state index in [4.69, 9.17) is 35.9 Å². The molecule has 0 amide bonds. The maximum atomic E-state index is 7.44. The third-order valence-electron chi connectivity index (χ3n) is 10.4. The number of nitrogens with zero attached hydrogens (tertiary/aromatic N) is 6. The first-order valence-corrected chi connectivity index (χ1v) is 19.6. The quantitative estimate of drug-likeness (QED) is 0.157. The van der Waals surface area contributed by atoms with Crippen molar-refractivity contribution in [3.05, 3.63) is 181 Å². The minimum atomic E-state index is 0.533. The average molecular weight is 761 g/mol. The zero-order valence-electron chi connectivity index (χ0n) is 30.7. The number of hydrogen-bond donors (Lipinski definition) is 0. The molecule has 58 heavy (non-hydrogen) atoms. The van der Waals surface area contributed by atoms with Crippen LogP contribution in [-0.2, 0) is 0 Å². The van der Waals surface area contributed by atoms with E-state index in [-0.39, 0.29) is 0 Å². The molecule has 0 fully saturated rings. The van der Waals surface area contributed by atoms with Gasteiger partial charge in [-0.1, -0.05) is 146 Å². The monoisotopic (exact) mass is 760 g/mol. The number of hydrogen-bond acceptors (Lipinski definition) is 7. The first-order valence-electron chi connectivity index (χ1n) is 18.8. The smallest absolute Gasteiger partial charge is 0.187 e. The first kappa shape index (κ1) is 33.5. The van der Waals surface area contributed by atoms with Crippen LogP contribution in [0, 0.1) is 6.57 Å². The molecule has 0 spiro atoms. The molecular formula is C50H28N6OS. The Morgan fingerprint density at radius 2 is 1.07 bits per heavy atom. The number of fused-ring (bicyclic) bond motifs is 6. The Kier molecular flexibility index (Phi) is 7.91. The number of furan rings is 1. The third-order valence-corrected chi connectivity index (χ3v) is 11.6. The molecule has 0 atom stereocenters. The summed E-state index contributed by atoms with van der Waals surface area (Å²) in [5.41, 5.74) is 10.2. The highest BCUT2D eigenvalue weighted by Crippen LogP contribution is 2.43. The Hall–Kier alpha value is -7.86. The number of para-hydroxylation sites is 1. The van der Waals surface area contributed by atoms with Crippen LogP contribution in [0.2, 0.25) is 0 Å². The second-order valence-corrected chi connectivity index (χ2v) is 15.0. The van der Waals surface area contributed by atoms with Gasteiger partial charge in [-0.15, -0.1) is 11.3 Å². The number of benzene rings is 7. The molecule has 270 valence electrons. The summed E-state index contributed by atoms with van der Waals surface area (Å²) < 4.78 is 8.98. The van der Waals surface area contributed by atoms with Crippen LogP contribution < -0.4 is 0 Å². The Morgan fingerprint density at radius 1 is 0.466 bits per heavy atom. The van der Waals surface area contributed by atoms with Crippen LogP contribution in [0.15, 0.2) is 174 Å². The van der Waals surface area contributed by atoms with Crippen LogP contribution in [0.3, 0.4) is 0 Å². The van der Waals surface area contributed by atoms with Gasteiger partial charge in [-0.3, -0.25) is 0 Å². The highest BCUT2D eigenvalue weighted by atomic mass is 32.1. The van der Waals surface area contributed by atoms with Gasteiger partial charge in [-0.05, 0) is 35.4 Å². The summed E-state index contributed by atoms with van der Waals surface area (Å²) in [4.78, 5) is 29.3. The zero-order valence-corrected chi connectivity index (χ0v) is 31.5. The predicted molar refractivity (Wildman–Crippen MR) is 234 cm³/mol. The molecule has 0 bridgehead atoms. The van der Waals surface area contributed by atoms with Crippen LogP contribution >= 0.6 is 11.3 Å². The van der Waals surface area contributed by atoms with Gasteiger partial charge in [0, 0.05) is 43.1 Å². The molecule has 0 unspecified atom stereocenters. The molecule has 8 heteroatoms. The van der Waals surface area contributed by atoms with Crippen molar-refractivity contribution in [1.29, 1.82) is 0 Å². The third kappa shape index (κ3) is 5.69. The van der Waals surface area contributed by atoms with Gasteiger partial charge in [0.25, 0.3) is 0 Å². The fourth-order valence-electron chi connectivity index (χ4n) is 7.62. The predicted octanol–water partition coefficient (Wildman–Crippen LogP) is 13.5. The van der Waals surface area contributed by atoms with E-state index in [9.17, 15) is 0 Å². The van der Waals surface area contributed by atoms with Crippen LogP contribution in [0.4, 0.5) is 5.69 Å². The minimum absolute atomic E-state index is 0.533. The van der Waals surface area contributed by atoms with E-state index in [1.807, 2.05) is 127 Å². The first-order chi connectivity index (χ1) is 28.7. The van der Waals surface area contributed by atoms with Crippen molar-refractivity contribution in [2.24, 2.45) is 0 Å². The average Bonchev–Trinajstić information content (AvgIpc) is 3.88. The molecule has 11 aromatic rings. The van der Waals surface area contributed by atoms with Crippen molar-refractivity contribution >= 4 is 59.3 Å². The molecule has 0 saturated heterocycles. The van der Waals surface area contributed by atoms with Crippen molar-refractivity contribution in [3.63, 3.8) is 0 Å². The number of rotatable bonds is 6. The number of aromatic nitrogens is 5. The molecule has 4 heterocycles. The van der Waals surface area contributed by atoms with Gasteiger partial charge < -0.3 is 4.42 Å². The molecule has 7 nitrogen and oxygen atoms in total. The van der Waals surface area contributed by atoms with E-state index in [2.05, 4.69) is 47.3 Å². The molecule has 0 aliphatic heterocycles. The molecule has 0 N–H and O–H groups in total. The van der Waals surface area contributed by atoms with Gasteiger partial charge in [0.1, 0.15) is 11.2 Å². The van der Waals surface area contributed by atoms with Crippen molar-refractivity contribution < 1.29 is 4.42 Å². The summed E-state index contributed by atoms with van der Waals surface area (Å²) in [5.74, 6) is 2.25. The SMILES string of the molecule is [C-]#[N+]c1cccc(-c2ccc(-c3nc(-c4ccccc4)nc(-c4cccc5oc6c(-c7nc(-c8ccccc8)c8sc9ccccc9c8n7)cccc6c45)n3)cc2)c1. The van der Waals surface area contributed by atoms with E-state index in [0.717, 1.165) is 71.0 Å². The maximum Gasteiger partial charge on any atom is 0.187 e. The lowest BCUT2D eigenvalue weighted by Crippen LogP contribution is -2.00. The lowest BCUT2D eigenvalue weighted by molar-refractivity contribution is 0.669. The lowest BCUT2D eigenvalue weighted by atomic mass is 10.0. The molecule has 0 saturated carbocycles. The summed E-state index contributed by atoms with van der Waals surface area (Å²) in [6.07, 6.45) is 0.